The van der Waals surface area contributed by atoms with Gasteiger partial charge in [0, 0.05) is 26.1 Å². The van der Waals surface area contributed by atoms with Gasteiger partial charge in [-0.3, -0.25) is 4.79 Å². The van der Waals surface area contributed by atoms with Crippen molar-refractivity contribution in [3.63, 3.8) is 0 Å². The number of carbonyl (C=O) groups is 2. The number of aromatic nitrogens is 1. The Hall–Kier alpha value is -1.83. The van der Waals surface area contributed by atoms with Crippen molar-refractivity contribution >= 4 is 34.2 Å². The molecule has 1 saturated heterocycles. The average molecular weight is 284 g/mol. The number of carbonyl (C=O) groups excluding carboxylic acids is 2. The van der Waals surface area contributed by atoms with E-state index in [1.807, 2.05) is 4.90 Å². The molecule has 1 aromatic heterocycles. The second kappa shape index (κ2) is 5.87. The minimum atomic E-state index is -0.465. The average Bonchev–Trinajstić information content (AvgIpc) is 2.62. The van der Waals surface area contributed by atoms with Crippen LogP contribution in [0, 0.1) is 0 Å². The van der Waals surface area contributed by atoms with E-state index in [0.29, 0.717) is 36.6 Å². The molecule has 1 aliphatic rings. The summed E-state index contributed by atoms with van der Waals surface area (Å²) < 4.78 is 9.01. The number of nitrogen functional groups attached to an aromatic ring is 1. The Morgan fingerprint density at radius 2 is 2.37 bits per heavy atom. The highest BCUT2D eigenvalue weighted by Gasteiger charge is 2.25. The predicted molar refractivity (Wildman–Crippen MR) is 72.3 cm³/mol. The van der Waals surface area contributed by atoms with Gasteiger partial charge in [-0.05, 0) is 18.5 Å². The zero-order valence-electron chi connectivity index (χ0n) is 10.6. The number of anilines is 2. The molecule has 2 rings (SSSR count). The lowest BCUT2D eigenvalue weighted by Gasteiger charge is -2.20. The lowest BCUT2D eigenvalue weighted by atomic mass is 10.3. The van der Waals surface area contributed by atoms with Crippen LogP contribution in [0.25, 0.3) is 0 Å². The number of amides is 1. The van der Waals surface area contributed by atoms with Crippen molar-refractivity contribution in [1.29, 1.82) is 0 Å². The Balaban J connectivity index is 2.24. The first-order chi connectivity index (χ1) is 9.13. The van der Waals surface area contributed by atoms with Gasteiger partial charge in [-0.1, -0.05) is 0 Å². The molecule has 8 heteroatoms. The largest absolute Gasteiger partial charge is 0.462 e. The molecule has 0 radical (unpaired) electrons. The molecule has 7 nitrogen and oxygen atoms in total. The van der Waals surface area contributed by atoms with Crippen molar-refractivity contribution in [1.82, 2.24) is 9.69 Å². The summed E-state index contributed by atoms with van der Waals surface area (Å²) in [7, 11) is 0. The highest BCUT2D eigenvalue weighted by molar-refractivity contribution is 7.11. The lowest BCUT2D eigenvalue weighted by molar-refractivity contribution is -0.120. The van der Waals surface area contributed by atoms with E-state index in [0.717, 1.165) is 11.5 Å². The van der Waals surface area contributed by atoms with Crippen LogP contribution < -0.4 is 16.0 Å². The normalized spacial score (nSPS) is 15.8. The van der Waals surface area contributed by atoms with Crippen LogP contribution in [0.4, 0.5) is 10.8 Å². The minimum absolute atomic E-state index is 0.0117. The van der Waals surface area contributed by atoms with Crippen LogP contribution in [0.1, 0.15) is 23.7 Å². The molecule has 0 aliphatic carbocycles. The fraction of sp³-hybridized carbons (Fsp3) is 0.545. The first kappa shape index (κ1) is 13.6. The van der Waals surface area contributed by atoms with Crippen LogP contribution in [-0.4, -0.2) is 42.5 Å². The summed E-state index contributed by atoms with van der Waals surface area (Å²) in [4.78, 5) is 25.2. The summed E-state index contributed by atoms with van der Waals surface area (Å²) in [5.74, 6) is -0.271. The zero-order chi connectivity index (χ0) is 13.8. The Morgan fingerprint density at radius 1 is 1.58 bits per heavy atom. The fourth-order valence-corrected chi connectivity index (χ4v) is 2.73. The molecule has 104 valence electrons. The van der Waals surface area contributed by atoms with Crippen LogP contribution in [0.2, 0.25) is 0 Å². The summed E-state index contributed by atoms with van der Waals surface area (Å²) >= 11 is 1.16. The van der Waals surface area contributed by atoms with Gasteiger partial charge >= 0.3 is 5.97 Å². The fourth-order valence-electron chi connectivity index (χ4n) is 1.87. The molecule has 0 saturated carbocycles. The molecular formula is C11H16N4O3S. The van der Waals surface area contributed by atoms with E-state index in [2.05, 4.69) is 9.69 Å². The number of esters is 1. The van der Waals surface area contributed by atoms with Gasteiger partial charge < -0.3 is 20.7 Å². The van der Waals surface area contributed by atoms with E-state index in [-0.39, 0.29) is 18.3 Å². The molecular weight excluding hydrogens is 268 g/mol. The second-order valence-corrected chi connectivity index (χ2v) is 4.81. The van der Waals surface area contributed by atoms with E-state index in [9.17, 15) is 9.59 Å². The van der Waals surface area contributed by atoms with E-state index in [1.165, 1.54) is 0 Å². The zero-order valence-corrected chi connectivity index (χ0v) is 11.5. The molecule has 1 amide bonds. The van der Waals surface area contributed by atoms with Crippen LogP contribution in [0.3, 0.4) is 0 Å². The quantitative estimate of drug-likeness (QED) is 0.771. The van der Waals surface area contributed by atoms with Crippen molar-refractivity contribution in [3.8, 4) is 0 Å². The smallest absolute Gasteiger partial charge is 0.345 e. The van der Waals surface area contributed by atoms with Crippen LogP contribution in [0.5, 0.6) is 0 Å². The first-order valence-corrected chi connectivity index (χ1v) is 6.84. The van der Waals surface area contributed by atoms with Crippen molar-refractivity contribution < 1.29 is 14.3 Å². The number of nitrogens with one attached hydrogen (secondary N) is 1. The third-order valence-corrected chi connectivity index (χ3v) is 3.70. The maximum atomic E-state index is 11.9. The summed E-state index contributed by atoms with van der Waals surface area (Å²) in [6.45, 7) is 3.73. The van der Waals surface area contributed by atoms with E-state index in [1.54, 1.807) is 6.92 Å². The maximum Gasteiger partial charge on any atom is 0.345 e. The predicted octanol–water partition coefficient (Wildman–Crippen LogP) is 0.228. The lowest BCUT2D eigenvalue weighted by Crippen LogP contribution is -2.29. The maximum absolute atomic E-state index is 11.9. The number of hydrogen-bond acceptors (Lipinski definition) is 7. The number of rotatable bonds is 3. The Labute approximate surface area is 114 Å². The highest BCUT2D eigenvalue weighted by Crippen LogP contribution is 2.31. The standard InChI is InChI=1S/C11H16N4O3S/c1-2-18-11(17)8-9(12)14-19-10(8)15-5-3-7(16)13-4-6-15/h2-6H2,1H3,(H2,12,14)(H,13,16). The van der Waals surface area contributed by atoms with Gasteiger partial charge in [0.05, 0.1) is 6.61 Å². The second-order valence-electron chi connectivity index (χ2n) is 4.06. The molecule has 0 spiro atoms. The van der Waals surface area contributed by atoms with Gasteiger partial charge in [0.1, 0.15) is 10.6 Å². The van der Waals surface area contributed by atoms with Gasteiger partial charge in [-0.2, -0.15) is 4.37 Å². The van der Waals surface area contributed by atoms with Crippen LogP contribution >= 0.6 is 11.5 Å². The Bertz CT molecular complexity index is 488. The van der Waals surface area contributed by atoms with E-state index in [4.69, 9.17) is 10.5 Å². The summed E-state index contributed by atoms with van der Waals surface area (Å²) in [6, 6.07) is 0. The summed E-state index contributed by atoms with van der Waals surface area (Å²) in [6.07, 6.45) is 0.389. The molecule has 0 aromatic carbocycles. The van der Waals surface area contributed by atoms with Crippen molar-refractivity contribution in [2.24, 2.45) is 0 Å². The molecule has 1 aromatic rings. The molecule has 0 unspecified atom stereocenters. The number of hydrogen-bond donors (Lipinski definition) is 2. The van der Waals surface area contributed by atoms with Crippen molar-refractivity contribution in [3.05, 3.63) is 5.56 Å². The van der Waals surface area contributed by atoms with Gasteiger partial charge in [0.15, 0.2) is 5.82 Å². The van der Waals surface area contributed by atoms with Gasteiger partial charge in [-0.25, -0.2) is 4.79 Å². The molecule has 1 aliphatic heterocycles. The van der Waals surface area contributed by atoms with E-state index >= 15 is 0 Å². The topological polar surface area (TPSA) is 97.6 Å². The number of nitrogens with zero attached hydrogens (tertiary/aromatic N) is 2. The molecule has 19 heavy (non-hydrogen) atoms. The van der Waals surface area contributed by atoms with Crippen LogP contribution in [0.15, 0.2) is 0 Å². The summed E-state index contributed by atoms with van der Waals surface area (Å²) in [5.41, 5.74) is 6.04. The van der Waals surface area contributed by atoms with Gasteiger partial charge in [-0.15, -0.1) is 0 Å². The molecule has 1 fully saturated rings. The highest BCUT2D eigenvalue weighted by atomic mass is 32.1. The van der Waals surface area contributed by atoms with Crippen molar-refractivity contribution in [2.75, 3.05) is 36.9 Å². The molecule has 0 bridgehead atoms. The van der Waals surface area contributed by atoms with E-state index < -0.39 is 5.97 Å². The number of ether oxygens (including phenoxy) is 1. The Morgan fingerprint density at radius 3 is 3.11 bits per heavy atom. The van der Waals surface area contributed by atoms with Crippen molar-refractivity contribution in [2.45, 2.75) is 13.3 Å². The minimum Gasteiger partial charge on any atom is -0.462 e. The third kappa shape index (κ3) is 2.95. The SMILES string of the molecule is CCOC(=O)c1c(N)nsc1N1CCNC(=O)CC1. The van der Waals surface area contributed by atoms with Gasteiger partial charge in [0.2, 0.25) is 5.91 Å². The monoisotopic (exact) mass is 284 g/mol. The molecule has 3 N–H and O–H groups in total. The molecule has 0 atom stereocenters. The third-order valence-electron chi connectivity index (χ3n) is 2.78. The summed E-state index contributed by atoms with van der Waals surface area (Å²) in [5, 5.41) is 3.45. The number of nitrogens with two attached hydrogens (primary N) is 1. The molecule has 2 heterocycles. The Kier molecular flexibility index (Phi) is 4.20. The van der Waals surface area contributed by atoms with Gasteiger partial charge in [0.25, 0.3) is 0 Å². The van der Waals surface area contributed by atoms with Crippen LogP contribution in [-0.2, 0) is 9.53 Å². The first-order valence-electron chi connectivity index (χ1n) is 6.07.